The summed E-state index contributed by atoms with van der Waals surface area (Å²) in [6.07, 6.45) is 1.70. The number of nitrogens with one attached hydrogen (secondary N) is 1. The van der Waals surface area contributed by atoms with E-state index < -0.39 is 0 Å². The van der Waals surface area contributed by atoms with Gasteiger partial charge >= 0.3 is 0 Å². The molecule has 0 spiro atoms. The number of methoxy groups -OCH3 is 1. The quantitative estimate of drug-likeness (QED) is 0.890. The first-order valence-electron chi connectivity index (χ1n) is 4.77. The van der Waals surface area contributed by atoms with Crippen molar-refractivity contribution in [2.75, 3.05) is 12.8 Å². The number of anilines is 1. The third-order valence-corrected chi connectivity index (χ3v) is 3.18. The van der Waals surface area contributed by atoms with Gasteiger partial charge in [-0.2, -0.15) is 5.10 Å². The fourth-order valence-electron chi connectivity index (χ4n) is 1.59. The maximum atomic E-state index is 5.80. The molecule has 2 rings (SSSR count). The summed E-state index contributed by atoms with van der Waals surface area (Å²) in [4.78, 5) is 0. The maximum absolute atomic E-state index is 5.80. The Kier molecular flexibility index (Phi) is 2.87. The topological polar surface area (TPSA) is 63.9 Å². The summed E-state index contributed by atoms with van der Waals surface area (Å²) in [5.74, 6) is 1.34. The second kappa shape index (κ2) is 4.17. The third-order valence-electron chi connectivity index (χ3n) is 2.36. The van der Waals surface area contributed by atoms with Gasteiger partial charge in [0.15, 0.2) is 0 Å². The second-order valence-electron chi connectivity index (χ2n) is 3.53. The van der Waals surface area contributed by atoms with Gasteiger partial charge in [-0.05, 0) is 40.5 Å². The Morgan fingerprint density at radius 3 is 2.69 bits per heavy atom. The number of benzene rings is 1. The lowest BCUT2D eigenvalue weighted by Crippen LogP contribution is -1.92. The Balaban J connectivity index is 2.65. The van der Waals surface area contributed by atoms with Crippen LogP contribution in [0.4, 0.5) is 5.82 Å². The average molecular weight is 282 g/mol. The minimum absolute atomic E-state index is 0.549. The van der Waals surface area contributed by atoms with Gasteiger partial charge < -0.3 is 10.5 Å². The fourth-order valence-corrected chi connectivity index (χ4v) is 2.20. The first-order valence-corrected chi connectivity index (χ1v) is 5.56. The monoisotopic (exact) mass is 281 g/mol. The van der Waals surface area contributed by atoms with E-state index in [4.69, 9.17) is 10.5 Å². The summed E-state index contributed by atoms with van der Waals surface area (Å²) in [5, 5.41) is 6.63. The van der Waals surface area contributed by atoms with Crippen molar-refractivity contribution in [2.45, 2.75) is 6.92 Å². The largest absolute Gasteiger partial charge is 0.496 e. The van der Waals surface area contributed by atoms with Crippen molar-refractivity contribution in [2.24, 2.45) is 0 Å². The minimum Gasteiger partial charge on any atom is -0.496 e. The van der Waals surface area contributed by atoms with Crippen molar-refractivity contribution in [1.82, 2.24) is 10.2 Å². The Morgan fingerprint density at radius 2 is 2.12 bits per heavy atom. The molecule has 4 nitrogen and oxygen atoms in total. The van der Waals surface area contributed by atoms with Gasteiger partial charge in [-0.25, -0.2) is 0 Å². The molecule has 0 aliphatic heterocycles. The molecule has 0 aliphatic rings. The number of hydrogen-bond acceptors (Lipinski definition) is 3. The molecule has 1 aromatic heterocycles. The number of hydrogen-bond donors (Lipinski definition) is 2. The highest BCUT2D eigenvalue weighted by atomic mass is 79.9. The van der Waals surface area contributed by atoms with E-state index in [0.717, 1.165) is 26.9 Å². The molecule has 0 bridgehead atoms. The first kappa shape index (κ1) is 11.0. The fraction of sp³-hybridized carbons (Fsp3) is 0.182. The van der Waals surface area contributed by atoms with Crippen LogP contribution in [0, 0.1) is 6.92 Å². The van der Waals surface area contributed by atoms with Crippen LogP contribution >= 0.6 is 15.9 Å². The van der Waals surface area contributed by atoms with Crippen LogP contribution < -0.4 is 10.5 Å². The zero-order chi connectivity index (χ0) is 11.7. The van der Waals surface area contributed by atoms with E-state index in [2.05, 4.69) is 26.1 Å². The number of ether oxygens (including phenoxy) is 1. The van der Waals surface area contributed by atoms with E-state index >= 15 is 0 Å². The van der Waals surface area contributed by atoms with E-state index in [0.29, 0.717) is 5.82 Å². The van der Waals surface area contributed by atoms with Gasteiger partial charge in [0.05, 0.1) is 17.8 Å². The van der Waals surface area contributed by atoms with E-state index in [1.54, 1.807) is 13.3 Å². The highest BCUT2D eigenvalue weighted by Gasteiger charge is 2.13. The second-order valence-corrected chi connectivity index (χ2v) is 4.32. The van der Waals surface area contributed by atoms with Crippen molar-refractivity contribution >= 4 is 21.7 Å². The molecule has 84 valence electrons. The predicted molar refractivity (Wildman–Crippen MR) is 67.4 cm³/mol. The molecule has 0 atom stereocenters. The van der Waals surface area contributed by atoms with Crippen LogP contribution in [0.5, 0.6) is 5.75 Å². The standard InChI is InChI=1S/C11H12BrN3O/c1-6-3-7(8-5-14-15-11(8)13)10(12)9(4-6)16-2/h3-5H,1-2H3,(H3,13,14,15). The summed E-state index contributed by atoms with van der Waals surface area (Å²) in [7, 11) is 1.64. The number of aryl methyl sites for hydroxylation is 1. The highest BCUT2D eigenvalue weighted by molar-refractivity contribution is 9.10. The van der Waals surface area contributed by atoms with Crippen LogP contribution in [0.25, 0.3) is 11.1 Å². The molecule has 16 heavy (non-hydrogen) atoms. The molecule has 0 amide bonds. The normalized spacial score (nSPS) is 10.4. The highest BCUT2D eigenvalue weighted by Crippen LogP contribution is 2.38. The zero-order valence-corrected chi connectivity index (χ0v) is 10.6. The Bertz CT molecular complexity index is 522. The molecule has 1 aromatic carbocycles. The number of nitrogen functional groups attached to an aromatic ring is 1. The molecule has 5 heteroatoms. The van der Waals surface area contributed by atoms with Gasteiger partial charge in [-0.1, -0.05) is 0 Å². The number of halogens is 1. The summed E-state index contributed by atoms with van der Waals surface area (Å²) < 4.78 is 6.17. The number of aromatic nitrogens is 2. The summed E-state index contributed by atoms with van der Waals surface area (Å²) in [6, 6.07) is 4.00. The van der Waals surface area contributed by atoms with E-state index in [9.17, 15) is 0 Å². The zero-order valence-electron chi connectivity index (χ0n) is 9.04. The molecular weight excluding hydrogens is 270 g/mol. The number of rotatable bonds is 2. The van der Waals surface area contributed by atoms with E-state index in [1.807, 2.05) is 19.1 Å². The van der Waals surface area contributed by atoms with Crippen LogP contribution in [0.3, 0.4) is 0 Å². The van der Waals surface area contributed by atoms with E-state index in [-0.39, 0.29) is 0 Å². The summed E-state index contributed by atoms with van der Waals surface area (Å²) in [6.45, 7) is 2.01. The molecule has 2 aromatic rings. The Morgan fingerprint density at radius 1 is 1.38 bits per heavy atom. The minimum atomic E-state index is 0.549. The molecule has 0 aliphatic carbocycles. The third kappa shape index (κ3) is 1.78. The van der Waals surface area contributed by atoms with Crippen LogP contribution in [-0.2, 0) is 0 Å². The van der Waals surface area contributed by atoms with Crippen molar-refractivity contribution in [3.05, 3.63) is 28.4 Å². The van der Waals surface area contributed by atoms with Crippen LogP contribution in [0.1, 0.15) is 5.56 Å². The van der Waals surface area contributed by atoms with Crippen molar-refractivity contribution in [3.8, 4) is 16.9 Å². The van der Waals surface area contributed by atoms with Gasteiger partial charge in [-0.15, -0.1) is 0 Å². The van der Waals surface area contributed by atoms with Crippen molar-refractivity contribution in [1.29, 1.82) is 0 Å². The molecule has 0 saturated heterocycles. The molecular formula is C11H12BrN3O. The van der Waals surface area contributed by atoms with Gasteiger partial charge in [-0.3, -0.25) is 5.10 Å². The van der Waals surface area contributed by atoms with E-state index in [1.165, 1.54) is 0 Å². The van der Waals surface area contributed by atoms with Gasteiger partial charge in [0.25, 0.3) is 0 Å². The lowest BCUT2D eigenvalue weighted by molar-refractivity contribution is 0.412. The molecule has 0 radical (unpaired) electrons. The molecule has 3 N–H and O–H groups in total. The Labute approximate surface area is 102 Å². The number of H-pyrrole nitrogens is 1. The number of nitrogens with zero attached hydrogens (tertiary/aromatic N) is 1. The lowest BCUT2D eigenvalue weighted by atomic mass is 10.1. The molecule has 0 fully saturated rings. The summed E-state index contributed by atoms with van der Waals surface area (Å²) in [5.41, 5.74) is 8.75. The summed E-state index contributed by atoms with van der Waals surface area (Å²) >= 11 is 3.51. The molecule has 0 unspecified atom stereocenters. The SMILES string of the molecule is COc1cc(C)cc(-c2cn[nH]c2N)c1Br. The predicted octanol–water partition coefficient (Wildman–Crippen LogP) is 2.74. The number of nitrogens with two attached hydrogens (primary N) is 1. The van der Waals surface area contributed by atoms with Crippen molar-refractivity contribution in [3.63, 3.8) is 0 Å². The first-order chi connectivity index (χ1) is 7.63. The number of aromatic amines is 1. The van der Waals surface area contributed by atoms with Crippen LogP contribution in [0.2, 0.25) is 0 Å². The molecule has 0 saturated carbocycles. The van der Waals surface area contributed by atoms with Gasteiger partial charge in [0, 0.05) is 11.1 Å². The average Bonchev–Trinajstić information content (AvgIpc) is 2.67. The molecule has 1 heterocycles. The van der Waals surface area contributed by atoms with Crippen molar-refractivity contribution < 1.29 is 4.74 Å². The smallest absolute Gasteiger partial charge is 0.133 e. The van der Waals surface area contributed by atoms with Gasteiger partial charge in [0.2, 0.25) is 0 Å². The van der Waals surface area contributed by atoms with Crippen LogP contribution in [0.15, 0.2) is 22.8 Å². The van der Waals surface area contributed by atoms with Crippen LogP contribution in [-0.4, -0.2) is 17.3 Å². The maximum Gasteiger partial charge on any atom is 0.133 e. The lowest BCUT2D eigenvalue weighted by Gasteiger charge is -2.10. The Hall–Kier alpha value is -1.49. The van der Waals surface area contributed by atoms with Gasteiger partial charge in [0.1, 0.15) is 11.6 Å².